The summed E-state index contributed by atoms with van der Waals surface area (Å²) in [6, 6.07) is 2.08. The van der Waals surface area contributed by atoms with Gasteiger partial charge in [0.25, 0.3) is 0 Å². The van der Waals surface area contributed by atoms with Gasteiger partial charge in [-0.25, -0.2) is 0 Å². The minimum absolute atomic E-state index is 0.236. The van der Waals surface area contributed by atoms with E-state index in [9.17, 15) is 4.79 Å². The molecule has 0 saturated carbocycles. The Labute approximate surface area is 121 Å². The number of carbonyl (C=O) groups excluding carboxylic acids is 1. The number of amides is 1. The maximum Gasteiger partial charge on any atom is 0.229 e. The zero-order chi connectivity index (χ0) is 13.2. The SMILES string of the molecule is CN(Cc1csc(Br)c1)C(=O)C1(C)CCCNC1. The van der Waals surface area contributed by atoms with Gasteiger partial charge in [-0.2, -0.15) is 0 Å². The fourth-order valence-electron chi connectivity index (χ4n) is 2.47. The average molecular weight is 331 g/mol. The molecule has 1 aliphatic rings. The second-order valence-corrected chi connectivity index (χ2v) is 7.55. The van der Waals surface area contributed by atoms with Crippen LogP contribution in [0.25, 0.3) is 0 Å². The van der Waals surface area contributed by atoms with Gasteiger partial charge < -0.3 is 10.2 Å². The van der Waals surface area contributed by atoms with E-state index >= 15 is 0 Å². The van der Waals surface area contributed by atoms with E-state index in [1.54, 1.807) is 11.3 Å². The molecule has 0 bridgehead atoms. The molecular weight excluding hydrogens is 312 g/mol. The standard InChI is InChI=1S/C13H19BrN2OS/c1-13(4-3-5-15-9-13)12(17)16(2)7-10-6-11(14)18-8-10/h6,8,15H,3-5,7,9H2,1-2H3. The predicted octanol–water partition coefficient (Wildman–Crippen LogP) is 2.86. The number of hydrogen-bond donors (Lipinski definition) is 1. The minimum Gasteiger partial charge on any atom is -0.341 e. The van der Waals surface area contributed by atoms with Crippen molar-refractivity contribution < 1.29 is 4.79 Å². The second-order valence-electron chi connectivity index (χ2n) is 5.26. The van der Waals surface area contributed by atoms with Gasteiger partial charge in [0.1, 0.15) is 0 Å². The number of nitrogens with one attached hydrogen (secondary N) is 1. The van der Waals surface area contributed by atoms with Crippen molar-refractivity contribution >= 4 is 33.2 Å². The molecule has 5 heteroatoms. The molecule has 100 valence electrons. The Balaban J connectivity index is 1.99. The lowest BCUT2D eigenvalue weighted by Crippen LogP contribution is -2.48. The van der Waals surface area contributed by atoms with E-state index in [1.165, 1.54) is 5.56 Å². The molecule has 0 radical (unpaired) electrons. The van der Waals surface area contributed by atoms with Crippen LogP contribution in [0.4, 0.5) is 0 Å². The van der Waals surface area contributed by atoms with Gasteiger partial charge >= 0.3 is 0 Å². The van der Waals surface area contributed by atoms with Crippen molar-refractivity contribution in [3.8, 4) is 0 Å². The van der Waals surface area contributed by atoms with Crippen LogP contribution < -0.4 is 5.32 Å². The van der Waals surface area contributed by atoms with Crippen LogP contribution in [0.1, 0.15) is 25.3 Å². The lowest BCUT2D eigenvalue weighted by Gasteiger charge is -2.36. The lowest BCUT2D eigenvalue weighted by atomic mass is 9.81. The highest BCUT2D eigenvalue weighted by molar-refractivity contribution is 9.11. The van der Waals surface area contributed by atoms with Crippen molar-refractivity contribution in [1.82, 2.24) is 10.2 Å². The average Bonchev–Trinajstić information content (AvgIpc) is 2.74. The van der Waals surface area contributed by atoms with Crippen molar-refractivity contribution in [2.45, 2.75) is 26.3 Å². The predicted molar refractivity (Wildman–Crippen MR) is 78.7 cm³/mol. The Morgan fingerprint density at radius 2 is 2.44 bits per heavy atom. The van der Waals surface area contributed by atoms with E-state index in [0.29, 0.717) is 6.54 Å². The molecule has 1 amide bonds. The third-order valence-electron chi connectivity index (χ3n) is 3.50. The van der Waals surface area contributed by atoms with Crippen molar-refractivity contribution in [1.29, 1.82) is 0 Å². The van der Waals surface area contributed by atoms with E-state index < -0.39 is 0 Å². The Morgan fingerprint density at radius 1 is 1.67 bits per heavy atom. The van der Waals surface area contributed by atoms with E-state index in [-0.39, 0.29) is 11.3 Å². The van der Waals surface area contributed by atoms with Gasteiger partial charge in [0.05, 0.1) is 9.20 Å². The lowest BCUT2D eigenvalue weighted by molar-refractivity contribution is -0.141. The van der Waals surface area contributed by atoms with E-state index in [1.807, 2.05) is 11.9 Å². The smallest absolute Gasteiger partial charge is 0.229 e. The van der Waals surface area contributed by atoms with Gasteiger partial charge in [-0.15, -0.1) is 11.3 Å². The number of nitrogens with zero attached hydrogens (tertiary/aromatic N) is 1. The highest BCUT2D eigenvalue weighted by atomic mass is 79.9. The van der Waals surface area contributed by atoms with Crippen LogP contribution in [0.15, 0.2) is 15.2 Å². The monoisotopic (exact) mass is 330 g/mol. The summed E-state index contributed by atoms with van der Waals surface area (Å²) >= 11 is 5.11. The zero-order valence-corrected chi connectivity index (χ0v) is 13.2. The maximum absolute atomic E-state index is 12.5. The molecule has 1 aliphatic heterocycles. The summed E-state index contributed by atoms with van der Waals surface area (Å²) in [5.74, 6) is 0.247. The molecule has 0 aliphatic carbocycles. The first kappa shape index (κ1) is 14.0. The third-order valence-corrected chi connectivity index (χ3v) is 5.06. The van der Waals surface area contributed by atoms with Crippen LogP contribution in [0, 0.1) is 5.41 Å². The summed E-state index contributed by atoms with van der Waals surface area (Å²) in [4.78, 5) is 14.4. The fourth-order valence-corrected chi connectivity index (χ4v) is 3.67. The summed E-state index contributed by atoms with van der Waals surface area (Å²) in [6.07, 6.45) is 2.07. The van der Waals surface area contributed by atoms with Gasteiger partial charge in [-0.05, 0) is 59.2 Å². The van der Waals surface area contributed by atoms with Gasteiger partial charge in [0.2, 0.25) is 5.91 Å². The molecule has 1 aromatic heterocycles. The van der Waals surface area contributed by atoms with Crippen LogP contribution in [0.5, 0.6) is 0 Å². The Kier molecular flexibility index (Phi) is 4.45. The number of hydrogen-bond acceptors (Lipinski definition) is 3. The molecule has 0 aromatic carbocycles. The molecule has 18 heavy (non-hydrogen) atoms. The Morgan fingerprint density at radius 3 is 3.00 bits per heavy atom. The second kappa shape index (κ2) is 5.72. The van der Waals surface area contributed by atoms with E-state index in [0.717, 1.165) is 29.7 Å². The number of thiophene rings is 1. The number of piperidine rings is 1. The Bertz CT molecular complexity index is 426. The van der Waals surface area contributed by atoms with Gasteiger partial charge in [-0.1, -0.05) is 0 Å². The zero-order valence-electron chi connectivity index (χ0n) is 10.8. The molecule has 2 rings (SSSR count). The molecule has 2 heterocycles. The summed E-state index contributed by atoms with van der Waals surface area (Å²) in [5.41, 5.74) is 0.954. The molecular formula is C13H19BrN2OS. The van der Waals surface area contributed by atoms with Crippen LogP contribution in [0.3, 0.4) is 0 Å². The van der Waals surface area contributed by atoms with Gasteiger partial charge in [-0.3, -0.25) is 4.79 Å². The Hall–Kier alpha value is -0.390. The largest absolute Gasteiger partial charge is 0.341 e. The molecule has 3 nitrogen and oxygen atoms in total. The van der Waals surface area contributed by atoms with Crippen molar-refractivity contribution in [3.63, 3.8) is 0 Å². The van der Waals surface area contributed by atoms with Crippen LogP contribution in [-0.2, 0) is 11.3 Å². The quantitative estimate of drug-likeness (QED) is 0.924. The third kappa shape index (κ3) is 3.13. The van der Waals surface area contributed by atoms with Gasteiger partial charge in [0.15, 0.2) is 0 Å². The highest BCUT2D eigenvalue weighted by Gasteiger charge is 2.36. The van der Waals surface area contributed by atoms with E-state index in [2.05, 4.69) is 39.6 Å². The molecule has 0 spiro atoms. The topological polar surface area (TPSA) is 32.3 Å². The summed E-state index contributed by atoms with van der Waals surface area (Å²) in [5, 5.41) is 5.42. The molecule has 1 fully saturated rings. The fraction of sp³-hybridized carbons (Fsp3) is 0.615. The first-order valence-corrected chi connectivity index (χ1v) is 7.88. The summed E-state index contributed by atoms with van der Waals surface area (Å²) < 4.78 is 1.11. The normalized spacial score (nSPS) is 23.9. The number of halogens is 1. The molecule has 1 unspecified atom stereocenters. The van der Waals surface area contributed by atoms with Crippen LogP contribution in [-0.4, -0.2) is 30.9 Å². The number of carbonyl (C=O) groups is 1. The highest BCUT2D eigenvalue weighted by Crippen LogP contribution is 2.29. The molecule has 1 aromatic rings. The van der Waals surface area contributed by atoms with E-state index in [4.69, 9.17) is 0 Å². The molecule has 1 N–H and O–H groups in total. The van der Waals surface area contributed by atoms with Crippen molar-refractivity contribution in [3.05, 3.63) is 20.8 Å². The first-order chi connectivity index (χ1) is 8.51. The van der Waals surface area contributed by atoms with Crippen molar-refractivity contribution in [2.24, 2.45) is 5.41 Å². The summed E-state index contributed by atoms with van der Waals surface area (Å²) in [7, 11) is 1.90. The maximum atomic E-state index is 12.5. The first-order valence-electron chi connectivity index (χ1n) is 6.20. The van der Waals surface area contributed by atoms with Crippen molar-refractivity contribution in [2.75, 3.05) is 20.1 Å². The molecule has 1 saturated heterocycles. The minimum atomic E-state index is -0.236. The summed E-state index contributed by atoms with van der Waals surface area (Å²) in [6.45, 7) is 4.59. The number of rotatable bonds is 3. The molecule has 1 atom stereocenters. The van der Waals surface area contributed by atoms with Crippen LogP contribution >= 0.6 is 27.3 Å². The van der Waals surface area contributed by atoms with Gasteiger partial charge in [0, 0.05) is 20.1 Å². The van der Waals surface area contributed by atoms with Crippen LogP contribution in [0.2, 0.25) is 0 Å².